The predicted octanol–water partition coefficient (Wildman–Crippen LogP) is 4.02. The fourth-order valence-corrected chi connectivity index (χ4v) is 6.11. The summed E-state index contributed by atoms with van der Waals surface area (Å²) in [6, 6.07) is 8.18. The van der Waals surface area contributed by atoms with E-state index in [0.717, 1.165) is 57.8 Å². The Balaban J connectivity index is 1.17. The monoisotopic (exact) mass is 517 g/mol. The van der Waals surface area contributed by atoms with Crippen LogP contribution in [-0.4, -0.2) is 79.6 Å². The van der Waals surface area contributed by atoms with Gasteiger partial charge in [0.15, 0.2) is 0 Å². The number of fused-ring (bicyclic) bond motifs is 2. The number of likely N-dealkylation sites (tertiary alicyclic amines) is 1. The first kappa shape index (κ1) is 24.0. The number of nitrogens with one attached hydrogen (secondary N) is 2. The minimum absolute atomic E-state index is 0.163. The molecule has 0 unspecified atom stereocenters. The van der Waals surface area contributed by atoms with Crippen molar-refractivity contribution in [1.29, 1.82) is 0 Å². The molecule has 0 spiro atoms. The molecule has 1 fully saturated rings. The summed E-state index contributed by atoms with van der Waals surface area (Å²) in [4.78, 5) is 34.2. The minimum Gasteiger partial charge on any atom is -0.392 e. The van der Waals surface area contributed by atoms with Crippen molar-refractivity contribution in [2.45, 2.75) is 32.8 Å². The van der Waals surface area contributed by atoms with E-state index in [1.165, 1.54) is 5.57 Å². The van der Waals surface area contributed by atoms with Gasteiger partial charge in [-0.1, -0.05) is 6.08 Å². The highest BCUT2D eigenvalue weighted by Gasteiger charge is 2.36. The second-order valence-electron chi connectivity index (χ2n) is 10.6. The summed E-state index contributed by atoms with van der Waals surface area (Å²) < 4.78 is 1.12. The van der Waals surface area contributed by atoms with E-state index >= 15 is 0 Å². The molecule has 1 atom stereocenters. The molecule has 4 aromatic rings. The third-order valence-corrected chi connectivity index (χ3v) is 8.10. The van der Waals surface area contributed by atoms with E-state index in [1.807, 2.05) is 36.4 Å². The van der Waals surface area contributed by atoms with Gasteiger partial charge in [-0.3, -0.25) is 9.69 Å². The first-order valence-corrected chi connectivity index (χ1v) is 13.6. The molecule has 10 heteroatoms. The Labute approximate surface area is 219 Å². The maximum Gasteiger partial charge on any atom is 0.229 e. The number of aliphatic hydroxyl groups excluding tert-OH is 1. The van der Waals surface area contributed by atoms with Crippen LogP contribution in [0.25, 0.3) is 26.8 Å². The number of aliphatic hydroxyl groups is 1. The molecule has 0 bridgehead atoms. The second-order valence-corrected chi connectivity index (χ2v) is 11.5. The molecule has 0 saturated carbocycles. The Bertz CT molecular complexity index is 1490. The fourth-order valence-electron chi connectivity index (χ4n) is 5.39. The predicted molar refractivity (Wildman–Crippen MR) is 147 cm³/mol. The highest BCUT2D eigenvalue weighted by atomic mass is 32.1. The molecule has 9 nitrogen and oxygen atoms in total. The van der Waals surface area contributed by atoms with Crippen molar-refractivity contribution in [3.05, 3.63) is 47.9 Å². The number of amides is 1. The van der Waals surface area contributed by atoms with Crippen LogP contribution >= 0.6 is 11.3 Å². The van der Waals surface area contributed by atoms with Crippen LogP contribution in [0.5, 0.6) is 0 Å². The number of thiazole rings is 1. The van der Waals surface area contributed by atoms with Crippen LogP contribution in [0.1, 0.15) is 32.4 Å². The number of benzene rings is 1. The van der Waals surface area contributed by atoms with Gasteiger partial charge in [0.25, 0.3) is 0 Å². The number of hydrogen-bond acceptors (Lipinski definition) is 8. The summed E-state index contributed by atoms with van der Waals surface area (Å²) in [7, 11) is 0. The van der Waals surface area contributed by atoms with Gasteiger partial charge in [0.1, 0.15) is 17.8 Å². The molecule has 1 saturated heterocycles. The van der Waals surface area contributed by atoms with E-state index in [-0.39, 0.29) is 12.0 Å². The number of carbonyl (C=O) groups is 1. The van der Waals surface area contributed by atoms with Crippen LogP contribution in [-0.2, 0) is 4.79 Å². The van der Waals surface area contributed by atoms with Gasteiger partial charge in [-0.2, -0.15) is 0 Å². The van der Waals surface area contributed by atoms with Gasteiger partial charge in [0.05, 0.1) is 32.6 Å². The molecule has 1 aromatic carbocycles. The third-order valence-electron chi connectivity index (χ3n) is 7.31. The first-order chi connectivity index (χ1) is 17.9. The number of aromatic amines is 1. The van der Waals surface area contributed by atoms with Crippen molar-refractivity contribution in [1.82, 2.24) is 29.7 Å². The molecular formula is C27H31N7O2S. The Kier molecular flexibility index (Phi) is 6.18. The van der Waals surface area contributed by atoms with Crippen LogP contribution in [0, 0.1) is 5.41 Å². The highest BCUT2D eigenvalue weighted by molar-refractivity contribution is 7.16. The number of β-amino-alcohol motifs (C(OH)–C–C–N with tert-alkyl or cyclic N) is 1. The number of nitrogens with zero attached hydrogens (tertiary/aromatic N) is 5. The minimum atomic E-state index is -0.491. The summed E-state index contributed by atoms with van der Waals surface area (Å²) >= 11 is 1.61. The zero-order chi connectivity index (χ0) is 25.6. The molecule has 2 aliphatic heterocycles. The summed E-state index contributed by atoms with van der Waals surface area (Å²) in [5.41, 5.74) is 6.27. The van der Waals surface area contributed by atoms with Crippen molar-refractivity contribution in [2.75, 3.05) is 38.0 Å². The van der Waals surface area contributed by atoms with Gasteiger partial charge >= 0.3 is 0 Å². The Morgan fingerprint density at radius 2 is 2.14 bits per heavy atom. The summed E-state index contributed by atoms with van der Waals surface area (Å²) in [5.74, 6) is 0.912. The lowest BCUT2D eigenvalue weighted by Crippen LogP contribution is -2.48. The number of H-pyrrole nitrogens is 1. The summed E-state index contributed by atoms with van der Waals surface area (Å²) in [6.45, 7) is 7.46. The number of carbonyl (C=O) groups excluding carboxylic acids is 1. The highest BCUT2D eigenvalue weighted by Crippen LogP contribution is 2.31. The van der Waals surface area contributed by atoms with Gasteiger partial charge in [-0.25, -0.2) is 15.0 Å². The molecule has 1 amide bonds. The number of aromatic nitrogens is 4. The van der Waals surface area contributed by atoms with Crippen molar-refractivity contribution >= 4 is 55.6 Å². The quantitative estimate of drug-likeness (QED) is 0.354. The third kappa shape index (κ3) is 4.84. The molecular weight excluding hydrogens is 486 g/mol. The van der Waals surface area contributed by atoms with E-state index < -0.39 is 5.41 Å². The van der Waals surface area contributed by atoms with Gasteiger partial charge in [-0.05, 0) is 56.5 Å². The molecule has 6 rings (SSSR count). The molecule has 37 heavy (non-hydrogen) atoms. The normalized spacial score (nSPS) is 19.1. The lowest BCUT2D eigenvalue weighted by Gasteiger charge is -2.36. The van der Waals surface area contributed by atoms with Gasteiger partial charge in [0, 0.05) is 44.1 Å². The van der Waals surface area contributed by atoms with Crippen molar-refractivity contribution in [3.63, 3.8) is 0 Å². The zero-order valence-electron chi connectivity index (χ0n) is 21.1. The van der Waals surface area contributed by atoms with Crippen LogP contribution in [0.4, 0.5) is 11.5 Å². The second kappa shape index (κ2) is 9.51. The summed E-state index contributed by atoms with van der Waals surface area (Å²) in [6.07, 6.45) is 4.99. The van der Waals surface area contributed by atoms with Gasteiger partial charge in [-0.15, -0.1) is 11.3 Å². The first-order valence-electron chi connectivity index (χ1n) is 12.7. The van der Waals surface area contributed by atoms with E-state index in [2.05, 4.69) is 48.4 Å². The summed E-state index contributed by atoms with van der Waals surface area (Å²) in [5, 5.41) is 14.2. The average Bonchev–Trinajstić information content (AvgIpc) is 3.63. The van der Waals surface area contributed by atoms with Crippen molar-refractivity contribution in [2.24, 2.45) is 5.41 Å². The van der Waals surface area contributed by atoms with E-state index in [4.69, 9.17) is 0 Å². The molecule has 5 heterocycles. The molecule has 0 radical (unpaired) electrons. The maximum atomic E-state index is 13.3. The SMILES string of the molecule is CC(C)(CN1CC[C@@H](O)C1)C(=O)N1CC=C(c2cc3c(Nc4ccc5ncsc5c4)ncnc3[nH]2)CC1. The standard InChI is InChI=1S/C27H31N7O2S/c1-27(2,14-33-8-7-19(35)13-33)26(36)34-9-5-17(6-10-34)22-12-20-24(28-15-29-25(20)32-22)31-18-3-4-21-23(11-18)37-16-30-21/h3-5,11-12,15-16,19,35H,6-10,13-14H2,1-2H3,(H2,28,29,31,32)/t19-/m1/s1. The fraction of sp³-hybridized carbons (Fsp3) is 0.407. The molecule has 0 aliphatic carbocycles. The molecule has 2 aliphatic rings. The maximum absolute atomic E-state index is 13.3. The van der Waals surface area contributed by atoms with Crippen molar-refractivity contribution in [3.8, 4) is 0 Å². The van der Waals surface area contributed by atoms with Crippen molar-refractivity contribution < 1.29 is 9.90 Å². The molecule has 3 N–H and O–H groups in total. The van der Waals surface area contributed by atoms with Crippen LogP contribution in [0.3, 0.4) is 0 Å². The van der Waals surface area contributed by atoms with Gasteiger partial charge < -0.3 is 20.3 Å². The lowest BCUT2D eigenvalue weighted by atomic mass is 9.89. The average molecular weight is 518 g/mol. The van der Waals surface area contributed by atoms with Crippen LogP contribution in [0.15, 0.2) is 42.2 Å². The number of rotatable bonds is 6. The van der Waals surface area contributed by atoms with Crippen LogP contribution < -0.4 is 5.32 Å². The zero-order valence-corrected chi connectivity index (χ0v) is 21.9. The Morgan fingerprint density at radius 3 is 2.92 bits per heavy atom. The number of anilines is 2. The smallest absolute Gasteiger partial charge is 0.229 e. The number of hydrogen-bond donors (Lipinski definition) is 3. The van der Waals surface area contributed by atoms with Crippen LogP contribution in [0.2, 0.25) is 0 Å². The van der Waals surface area contributed by atoms with E-state index in [1.54, 1.807) is 17.7 Å². The van der Waals surface area contributed by atoms with E-state index in [0.29, 0.717) is 26.2 Å². The topological polar surface area (TPSA) is 110 Å². The largest absolute Gasteiger partial charge is 0.392 e. The Morgan fingerprint density at radius 1 is 1.24 bits per heavy atom. The van der Waals surface area contributed by atoms with E-state index in [9.17, 15) is 9.90 Å². The molecule has 192 valence electrons. The Hall–Kier alpha value is -3.34. The van der Waals surface area contributed by atoms with Gasteiger partial charge in [0.2, 0.25) is 5.91 Å². The lowest BCUT2D eigenvalue weighted by molar-refractivity contribution is -0.140. The molecule has 3 aromatic heterocycles.